The molecular weight excluding hydrogens is 494 g/mol. The van der Waals surface area contributed by atoms with E-state index in [2.05, 4.69) is 4.90 Å². The number of carbonyl (C=O) groups excluding carboxylic acids is 1. The third kappa shape index (κ3) is 5.88. The Kier molecular flexibility index (Phi) is 7.28. The van der Waals surface area contributed by atoms with E-state index >= 15 is 0 Å². The number of nitrogens with zero attached hydrogens (tertiary/aromatic N) is 2. The number of hydrogen-bond acceptors (Lipinski definition) is 3. The summed E-state index contributed by atoms with van der Waals surface area (Å²) in [5.41, 5.74) is -2.72. The molecule has 35 heavy (non-hydrogen) atoms. The van der Waals surface area contributed by atoms with Gasteiger partial charge in [-0.25, -0.2) is 0 Å². The highest BCUT2D eigenvalue weighted by atomic mass is 32.2. The van der Waals surface area contributed by atoms with Gasteiger partial charge in [0.25, 0.3) is 5.91 Å². The second-order valence-corrected chi connectivity index (χ2v) is 10.5. The van der Waals surface area contributed by atoms with Gasteiger partial charge in [-0.1, -0.05) is 30.3 Å². The summed E-state index contributed by atoms with van der Waals surface area (Å²) in [6, 6.07) is 10.4. The Morgan fingerprint density at radius 2 is 1.43 bits per heavy atom. The van der Waals surface area contributed by atoms with E-state index in [1.165, 1.54) is 4.90 Å². The van der Waals surface area contributed by atoms with Crippen molar-refractivity contribution in [2.75, 3.05) is 37.7 Å². The molecule has 2 aromatic rings. The van der Waals surface area contributed by atoms with Gasteiger partial charge in [-0.05, 0) is 30.2 Å². The molecule has 11 heteroatoms. The van der Waals surface area contributed by atoms with E-state index in [-0.39, 0.29) is 31.1 Å². The summed E-state index contributed by atoms with van der Waals surface area (Å²) in [6.07, 6.45) is -9.54. The highest BCUT2D eigenvalue weighted by Gasteiger charge is 2.40. The number of halogens is 6. The lowest BCUT2D eigenvalue weighted by Crippen LogP contribution is -2.54. The molecule has 2 aromatic carbocycles. The molecule has 2 atom stereocenters. The average molecular weight is 519 g/mol. The molecule has 0 saturated carbocycles. The highest BCUT2D eigenvalue weighted by molar-refractivity contribution is 7.85. The van der Waals surface area contributed by atoms with Crippen LogP contribution in [0.1, 0.15) is 39.4 Å². The normalized spacial score (nSPS) is 22.9. The average Bonchev–Trinajstić information content (AvgIpc) is 2.83. The number of likely N-dealkylation sites (tertiary alicyclic amines) is 1. The van der Waals surface area contributed by atoms with Crippen molar-refractivity contribution in [2.45, 2.75) is 30.7 Å². The van der Waals surface area contributed by atoms with Crippen molar-refractivity contribution >= 4 is 16.7 Å². The Balaban J connectivity index is 1.63. The van der Waals surface area contributed by atoms with Gasteiger partial charge in [-0.2, -0.15) is 26.3 Å². The summed E-state index contributed by atoms with van der Waals surface area (Å²) < 4.78 is 91.6. The smallest absolute Gasteiger partial charge is 0.338 e. The molecule has 2 aliphatic heterocycles. The number of carbonyl (C=O) groups is 1. The first-order chi connectivity index (χ1) is 16.4. The molecule has 0 aliphatic carbocycles. The van der Waals surface area contributed by atoms with E-state index < -0.39 is 45.7 Å². The minimum absolute atomic E-state index is 0.0194. The van der Waals surface area contributed by atoms with Crippen molar-refractivity contribution < 1.29 is 35.3 Å². The second-order valence-electron chi connectivity index (χ2n) is 8.80. The minimum Gasteiger partial charge on any atom is -0.338 e. The van der Waals surface area contributed by atoms with E-state index in [0.29, 0.717) is 43.1 Å². The topological polar surface area (TPSA) is 40.6 Å². The van der Waals surface area contributed by atoms with Gasteiger partial charge < -0.3 is 4.90 Å². The summed E-state index contributed by atoms with van der Waals surface area (Å²) in [6.45, 7) is 1.63. The van der Waals surface area contributed by atoms with Crippen LogP contribution in [0.4, 0.5) is 26.3 Å². The molecule has 2 unspecified atom stereocenters. The van der Waals surface area contributed by atoms with Gasteiger partial charge in [0.15, 0.2) is 0 Å². The van der Waals surface area contributed by atoms with Gasteiger partial charge in [0.1, 0.15) is 0 Å². The fourth-order valence-corrected chi connectivity index (χ4v) is 5.91. The number of benzene rings is 2. The molecule has 2 fully saturated rings. The Morgan fingerprint density at radius 3 is 1.97 bits per heavy atom. The third-order valence-electron chi connectivity index (χ3n) is 6.61. The Morgan fingerprint density at radius 1 is 0.857 bits per heavy atom. The van der Waals surface area contributed by atoms with Crippen LogP contribution in [0.2, 0.25) is 0 Å². The van der Waals surface area contributed by atoms with Crippen LogP contribution in [0.3, 0.4) is 0 Å². The molecule has 4 rings (SSSR count). The van der Waals surface area contributed by atoms with Crippen molar-refractivity contribution in [3.8, 4) is 0 Å². The molecule has 0 bridgehead atoms. The molecule has 0 radical (unpaired) electrons. The Hall–Kier alpha value is -2.40. The maximum absolute atomic E-state index is 13.3. The van der Waals surface area contributed by atoms with Gasteiger partial charge in [0.05, 0.1) is 11.1 Å². The molecule has 2 aliphatic rings. The first-order valence-electron chi connectivity index (χ1n) is 11.2. The van der Waals surface area contributed by atoms with Crippen LogP contribution in [0.25, 0.3) is 0 Å². The highest BCUT2D eigenvalue weighted by Crippen LogP contribution is 2.37. The number of hydrogen-bond donors (Lipinski definition) is 0. The van der Waals surface area contributed by atoms with Crippen molar-refractivity contribution in [3.05, 3.63) is 70.8 Å². The maximum atomic E-state index is 13.3. The Bertz CT molecular complexity index is 1050. The monoisotopic (exact) mass is 518 g/mol. The third-order valence-corrected chi connectivity index (χ3v) is 7.88. The van der Waals surface area contributed by atoms with Crippen LogP contribution in [0, 0.1) is 0 Å². The van der Waals surface area contributed by atoms with E-state index in [1.54, 1.807) is 0 Å². The molecule has 2 saturated heterocycles. The fraction of sp³-hybridized carbons (Fsp3) is 0.458. The molecule has 190 valence electrons. The van der Waals surface area contributed by atoms with Crippen LogP contribution < -0.4 is 0 Å². The summed E-state index contributed by atoms with van der Waals surface area (Å²) in [5, 5.41) is 0. The summed E-state index contributed by atoms with van der Waals surface area (Å²) in [7, 11) is -0.870. The van der Waals surface area contributed by atoms with Crippen LogP contribution >= 0.6 is 0 Å². The number of amides is 1. The largest absolute Gasteiger partial charge is 0.416 e. The number of piperidine rings is 1. The second kappa shape index (κ2) is 9.93. The molecular formula is C24H24F6N2O2S. The molecule has 2 heterocycles. The molecule has 0 N–H and O–H groups in total. The quantitative estimate of drug-likeness (QED) is 0.549. The predicted molar refractivity (Wildman–Crippen MR) is 119 cm³/mol. The summed E-state index contributed by atoms with van der Waals surface area (Å²) >= 11 is 0. The van der Waals surface area contributed by atoms with Crippen molar-refractivity contribution in [1.82, 2.24) is 9.80 Å². The lowest BCUT2D eigenvalue weighted by atomic mass is 9.84. The Labute approximate surface area is 201 Å². The van der Waals surface area contributed by atoms with Crippen molar-refractivity contribution in [3.63, 3.8) is 0 Å². The standard InChI is InChI=1S/C24H24F6N2O2S/c25-23(26,27)18-12-17(13-19(14-18)24(28,29)30)22(33)32-7-6-21(31-8-10-35(34)11-9-31)20(15-32)16-4-2-1-3-5-16/h1-5,12-14,20-21H,6-11,15H2. The number of alkyl halides is 6. The zero-order valence-electron chi connectivity index (χ0n) is 18.6. The van der Waals surface area contributed by atoms with Crippen LogP contribution in [0.5, 0.6) is 0 Å². The molecule has 4 nitrogen and oxygen atoms in total. The van der Waals surface area contributed by atoms with Crippen LogP contribution in [-0.2, 0) is 23.2 Å². The van der Waals surface area contributed by atoms with Crippen molar-refractivity contribution in [1.29, 1.82) is 0 Å². The summed E-state index contributed by atoms with van der Waals surface area (Å²) in [4.78, 5) is 16.8. The SMILES string of the molecule is O=C(c1cc(C(F)(F)F)cc(C(F)(F)F)c1)N1CCC(N2CCS(=O)CC2)C(c2ccccc2)C1. The van der Waals surface area contributed by atoms with Crippen LogP contribution in [0.15, 0.2) is 48.5 Å². The molecule has 0 spiro atoms. The summed E-state index contributed by atoms with van der Waals surface area (Å²) in [5.74, 6) is 0.0463. The lowest BCUT2D eigenvalue weighted by Gasteiger charge is -2.45. The minimum atomic E-state index is -5.02. The van der Waals surface area contributed by atoms with Crippen LogP contribution in [-0.4, -0.2) is 63.6 Å². The lowest BCUT2D eigenvalue weighted by molar-refractivity contribution is -0.143. The van der Waals surface area contributed by atoms with E-state index in [1.807, 2.05) is 30.3 Å². The van der Waals surface area contributed by atoms with Gasteiger partial charge in [-0.3, -0.25) is 13.9 Å². The van der Waals surface area contributed by atoms with Crippen molar-refractivity contribution in [2.24, 2.45) is 0 Å². The van der Waals surface area contributed by atoms with Gasteiger partial charge in [0.2, 0.25) is 0 Å². The van der Waals surface area contributed by atoms with Gasteiger partial charge in [-0.15, -0.1) is 0 Å². The number of rotatable bonds is 3. The van der Waals surface area contributed by atoms with E-state index in [0.717, 1.165) is 5.56 Å². The van der Waals surface area contributed by atoms with Gasteiger partial charge in [0, 0.05) is 66.0 Å². The maximum Gasteiger partial charge on any atom is 0.416 e. The van der Waals surface area contributed by atoms with Gasteiger partial charge >= 0.3 is 12.4 Å². The first kappa shape index (κ1) is 25.7. The molecule has 1 amide bonds. The predicted octanol–water partition coefficient (Wildman–Crippen LogP) is 4.79. The van der Waals surface area contributed by atoms with E-state index in [9.17, 15) is 35.3 Å². The zero-order valence-corrected chi connectivity index (χ0v) is 19.4. The van der Waals surface area contributed by atoms with E-state index in [4.69, 9.17) is 0 Å². The first-order valence-corrected chi connectivity index (χ1v) is 12.6. The fourth-order valence-electron chi connectivity index (χ4n) is 4.83. The zero-order chi connectivity index (χ0) is 25.4. The molecule has 0 aromatic heterocycles.